The highest BCUT2D eigenvalue weighted by molar-refractivity contribution is 6.36. The third-order valence-electron chi connectivity index (χ3n) is 1.29. The number of nitrogens with one attached hydrogen (secondary N) is 1. The summed E-state index contributed by atoms with van der Waals surface area (Å²) >= 11 is 11.5. The van der Waals surface area contributed by atoms with E-state index in [-0.39, 0.29) is 0 Å². The molecule has 5 heteroatoms. The van der Waals surface area contributed by atoms with Crippen LogP contribution in [0.2, 0.25) is 10.0 Å². The summed E-state index contributed by atoms with van der Waals surface area (Å²) < 4.78 is 0. The molecule has 0 bridgehead atoms. The molecule has 0 aliphatic carbocycles. The van der Waals surface area contributed by atoms with Crippen molar-refractivity contribution in [3.05, 3.63) is 33.8 Å². The molecule has 0 saturated carbocycles. The van der Waals surface area contributed by atoms with Crippen molar-refractivity contribution in [1.82, 2.24) is 5.43 Å². The van der Waals surface area contributed by atoms with Crippen LogP contribution in [0.3, 0.4) is 0 Å². The number of hydrogen-bond donors (Lipinski definition) is 1. The molecular formula is C8H6Cl2N2O. The predicted octanol–water partition coefficient (Wildman–Crippen LogP) is 2.07. The third-order valence-corrected chi connectivity index (χ3v) is 1.86. The van der Waals surface area contributed by atoms with Gasteiger partial charge in [0.25, 0.3) is 0 Å². The van der Waals surface area contributed by atoms with Gasteiger partial charge in [0.2, 0.25) is 6.41 Å². The summed E-state index contributed by atoms with van der Waals surface area (Å²) in [6.07, 6.45) is 1.91. The van der Waals surface area contributed by atoms with Gasteiger partial charge in [-0.2, -0.15) is 5.10 Å². The molecule has 1 aromatic rings. The lowest BCUT2D eigenvalue weighted by molar-refractivity contribution is -0.109. The minimum atomic E-state index is 0.473. The summed E-state index contributed by atoms with van der Waals surface area (Å²) in [5.74, 6) is 0. The standard InChI is InChI=1S/C8H6Cl2N2O/c9-7-2-1-6(8(10)3-7)4-11-12-5-13/h1-5H,(H,12,13)/b11-4+. The molecule has 0 heterocycles. The molecule has 13 heavy (non-hydrogen) atoms. The zero-order valence-corrected chi connectivity index (χ0v) is 8.01. The number of carbonyl (C=O) groups excluding carboxylic acids is 1. The molecule has 0 aliphatic heterocycles. The van der Waals surface area contributed by atoms with Crippen LogP contribution in [0.1, 0.15) is 5.56 Å². The van der Waals surface area contributed by atoms with Gasteiger partial charge in [0.05, 0.1) is 11.2 Å². The Bertz CT molecular complexity index is 339. The number of halogens is 2. The van der Waals surface area contributed by atoms with Crippen LogP contribution in [0.25, 0.3) is 0 Å². The minimum Gasteiger partial charge on any atom is -0.277 e. The summed E-state index contributed by atoms with van der Waals surface area (Å²) in [5.41, 5.74) is 2.83. The summed E-state index contributed by atoms with van der Waals surface area (Å²) in [5, 5.41) is 4.63. The number of benzene rings is 1. The van der Waals surface area contributed by atoms with Gasteiger partial charge in [0.15, 0.2) is 0 Å². The lowest BCUT2D eigenvalue weighted by Gasteiger charge is -1.96. The number of hydrogen-bond acceptors (Lipinski definition) is 2. The van der Waals surface area contributed by atoms with Gasteiger partial charge >= 0.3 is 0 Å². The maximum atomic E-state index is 9.86. The van der Waals surface area contributed by atoms with Crippen LogP contribution in [-0.2, 0) is 4.79 Å². The molecule has 1 amide bonds. The number of rotatable bonds is 3. The first kappa shape index (κ1) is 10.0. The van der Waals surface area contributed by atoms with E-state index < -0.39 is 0 Å². The van der Waals surface area contributed by atoms with E-state index in [0.29, 0.717) is 22.0 Å². The maximum absolute atomic E-state index is 9.86. The van der Waals surface area contributed by atoms with Crippen molar-refractivity contribution >= 4 is 35.8 Å². The molecule has 0 aliphatic rings. The zero-order valence-electron chi connectivity index (χ0n) is 6.50. The van der Waals surface area contributed by atoms with Gasteiger partial charge in [-0.1, -0.05) is 29.3 Å². The lowest BCUT2D eigenvalue weighted by Crippen LogP contribution is -2.00. The van der Waals surface area contributed by atoms with Crippen molar-refractivity contribution in [2.75, 3.05) is 0 Å². The Labute approximate surface area is 85.3 Å². The number of carbonyl (C=O) groups is 1. The van der Waals surface area contributed by atoms with Gasteiger partial charge in [-0.05, 0) is 12.1 Å². The van der Waals surface area contributed by atoms with E-state index in [4.69, 9.17) is 23.2 Å². The first-order valence-corrected chi connectivity index (χ1v) is 4.17. The van der Waals surface area contributed by atoms with E-state index >= 15 is 0 Å². The van der Waals surface area contributed by atoms with Crippen molar-refractivity contribution in [2.24, 2.45) is 5.10 Å². The van der Waals surface area contributed by atoms with E-state index in [1.54, 1.807) is 18.2 Å². The number of hydrazone groups is 1. The summed E-state index contributed by atoms with van der Waals surface area (Å²) in [6, 6.07) is 5.00. The first-order chi connectivity index (χ1) is 6.24. The number of amides is 1. The van der Waals surface area contributed by atoms with Crippen LogP contribution in [0.5, 0.6) is 0 Å². The highest BCUT2D eigenvalue weighted by Gasteiger charge is 1.97. The maximum Gasteiger partial charge on any atom is 0.227 e. The topological polar surface area (TPSA) is 41.5 Å². The molecule has 0 spiro atoms. The van der Waals surface area contributed by atoms with Gasteiger partial charge in [0, 0.05) is 10.6 Å². The molecule has 3 nitrogen and oxygen atoms in total. The van der Waals surface area contributed by atoms with Crippen LogP contribution >= 0.6 is 23.2 Å². The normalized spacial score (nSPS) is 10.3. The first-order valence-electron chi connectivity index (χ1n) is 3.41. The molecule has 0 radical (unpaired) electrons. The average Bonchev–Trinajstić information content (AvgIpc) is 2.09. The Hall–Kier alpha value is -1.06. The van der Waals surface area contributed by atoms with E-state index in [1.165, 1.54) is 6.21 Å². The Kier molecular flexibility index (Phi) is 3.73. The molecule has 1 aromatic carbocycles. The minimum absolute atomic E-state index is 0.473. The van der Waals surface area contributed by atoms with Crippen molar-refractivity contribution in [3.63, 3.8) is 0 Å². The van der Waals surface area contributed by atoms with Crippen LogP contribution < -0.4 is 5.43 Å². The van der Waals surface area contributed by atoms with E-state index in [9.17, 15) is 4.79 Å². The van der Waals surface area contributed by atoms with Crippen LogP contribution in [0.15, 0.2) is 23.3 Å². The lowest BCUT2D eigenvalue weighted by atomic mass is 10.2. The largest absolute Gasteiger partial charge is 0.277 e. The predicted molar refractivity (Wildman–Crippen MR) is 53.3 cm³/mol. The fourth-order valence-corrected chi connectivity index (χ4v) is 1.20. The highest BCUT2D eigenvalue weighted by atomic mass is 35.5. The van der Waals surface area contributed by atoms with Gasteiger partial charge < -0.3 is 0 Å². The summed E-state index contributed by atoms with van der Waals surface area (Å²) in [4.78, 5) is 9.86. The Morgan fingerprint density at radius 3 is 2.77 bits per heavy atom. The molecular weight excluding hydrogens is 211 g/mol. The molecule has 0 atom stereocenters. The van der Waals surface area contributed by atoms with E-state index in [1.807, 2.05) is 0 Å². The van der Waals surface area contributed by atoms with Crippen molar-refractivity contribution in [3.8, 4) is 0 Å². The molecule has 1 rings (SSSR count). The smallest absolute Gasteiger partial charge is 0.227 e. The fraction of sp³-hybridized carbons (Fsp3) is 0. The van der Waals surface area contributed by atoms with Gasteiger partial charge in [-0.25, -0.2) is 5.43 Å². The van der Waals surface area contributed by atoms with Crippen LogP contribution in [0.4, 0.5) is 0 Å². The fourth-order valence-electron chi connectivity index (χ4n) is 0.743. The second-order valence-corrected chi connectivity index (χ2v) is 3.01. The Morgan fingerprint density at radius 1 is 1.38 bits per heavy atom. The highest BCUT2D eigenvalue weighted by Crippen LogP contribution is 2.19. The molecule has 1 N–H and O–H groups in total. The second-order valence-electron chi connectivity index (χ2n) is 2.17. The quantitative estimate of drug-likeness (QED) is 0.470. The second kappa shape index (κ2) is 4.84. The summed E-state index contributed by atoms with van der Waals surface area (Å²) in [6.45, 7) is 0. The Morgan fingerprint density at radius 2 is 2.15 bits per heavy atom. The Balaban J connectivity index is 2.83. The molecule has 0 unspecified atom stereocenters. The third kappa shape index (κ3) is 3.05. The molecule has 0 aromatic heterocycles. The molecule has 0 fully saturated rings. The van der Waals surface area contributed by atoms with E-state index in [2.05, 4.69) is 10.5 Å². The van der Waals surface area contributed by atoms with Gasteiger partial charge in [0.1, 0.15) is 0 Å². The molecule has 0 saturated heterocycles. The molecule has 68 valence electrons. The average molecular weight is 217 g/mol. The van der Waals surface area contributed by atoms with Crippen molar-refractivity contribution < 1.29 is 4.79 Å². The van der Waals surface area contributed by atoms with Crippen LogP contribution in [-0.4, -0.2) is 12.6 Å². The van der Waals surface area contributed by atoms with Crippen LogP contribution in [0, 0.1) is 0 Å². The van der Waals surface area contributed by atoms with E-state index in [0.717, 1.165) is 0 Å². The van der Waals surface area contributed by atoms with Crippen molar-refractivity contribution in [2.45, 2.75) is 0 Å². The van der Waals surface area contributed by atoms with Gasteiger partial charge in [-0.3, -0.25) is 4.79 Å². The monoisotopic (exact) mass is 216 g/mol. The van der Waals surface area contributed by atoms with Gasteiger partial charge in [-0.15, -0.1) is 0 Å². The number of nitrogens with zero attached hydrogens (tertiary/aromatic N) is 1. The summed E-state index contributed by atoms with van der Waals surface area (Å²) in [7, 11) is 0. The van der Waals surface area contributed by atoms with Crippen molar-refractivity contribution in [1.29, 1.82) is 0 Å². The zero-order chi connectivity index (χ0) is 9.68. The SMILES string of the molecule is O=CN/N=C/c1ccc(Cl)cc1Cl.